The summed E-state index contributed by atoms with van der Waals surface area (Å²) >= 11 is 17.8. The number of halogens is 3. The Morgan fingerprint density at radius 2 is 1.33 bits per heavy atom. The lowest BCUT2D eigenvalue weighted by molar-refractivity contribution is 1.49. The second kappa shape index (κ2) is 6.03. The van der Waals surface area contributed by atoms with E-state index in [1.54, 1.807) is 30.3 Å². The molecule has 0 radical (unpaired) electrons. The van der Waals surface area contributed by atoms with Crippen LogP contribution in [0.25, 0.3) is 0 Å². The molecule has 0 atom stereocenters. The maximum Gasteiger partial charge on any atom is 0.101 e. The Bertz CT molecular complexity index is 632. The van der Waals surface area contributed by atoms with Crippen molar-refractivity contribution in [1.29, 1.82) is 0 Å². The Balaban J connectivity index is 2.31. The summed E-state index contributed by atoms with van der Waals surface area (Å²) in [6.45, 7) is 0. The van der Waals surface area contributed by atoms with Crippen molar-refractivity contribution >= 4 is 52.2 Å². The number of rotatable bonds is 2. The lowest BCUT2D eigenvalue weighted by Crippen LogP contribution is -1.70. The summed E-state index contributed by atoms with van der Waals surface area (Å²) in [5.74, 6) is 0. The third-order valence-electron chi connectivity index (χ3n) is 2.12. The quantitative estimate of drug-likeness (QED) is 0.627. The van der Waals surface area contributed by atoms with Crippen LogP contribution in [0.4, 0.5) is 11.4 Å². The van der Waals surface area contributed by atoms with Crippen molar-refractivity contribution in [2.75, 3.05) is 0 Å². The van der Waals surface area contributed by atoms with Crippen LogP contribution in [0.5, 0.6) is 0 Å². The Hall–Kier alpha value is -1.31. The summed E-state index contributed by atoms with van der Waals surface area (Å²) in [6.07, 6.45) is 0. The van der Waals surface area contributed by atoms with Gasteiger partial charge in [-0.1, -0.05) is 53.0 Å². The molecule has 2 rings (SSSR count). The molecule has 2 nitrogen and oxygen atoms in total. The van der Waals surface area contributed by atoms with Crippen molar-refractivity contribution < 1.29 is 0 Å². The van der Waals surface area contributed by atoms with Crippen LogP contribution in [0.2, 0.25) is 15.1 Å². The van der Waals surface area contributed by atoms with Gasteiger partial charge in [-0.15, -0.1) is 0 Å². The maximum absolute atomic E-state index is 5.97. The first-order valence-corrected chi connectivity index (χ1v) is 6.17. The van der Waals surface area contributed by atoms with Crippen molar-refractivity contribution in [2.24, 2.45) is 9.98 Å². The predicted molar refractivity (Wildman–Crippen MR) is 77.1 cm³/mol. The van der Waals surface area contributed by atoms with Gasteiger partial charge in [0.05, 0.1) is 26.4 Å². The van der Waals surface area contributed by atoms with E-state index in [9.17, 15) is 0 Å². The van der Waals surface area contributed by atoms with Gasteiger partial charge >= 0.3 is 0 Å². The Kier molecular flexibility index (Phi) is 4.40. The largest absolute Gasteiger partial charge is 0.186 e. The lowest BCUT2D eigenvalue weighted by atomic mass is 10.3. The Morgan fingerprint density at radius 3 is 2.11 bits per heavy atom. The number of hydrogen-bond donors (Lipinski definition) is 0. The molecule has 5 heteroatoms. The van der Waals surface area contributed by atoms with Crippen LogP contribution in [0.15, 0.2) is 52.4 Å². The van der Waals surface area contributed by atoms with Gasteiger partial charge in [0.1, 0.15) is 6.01 Å². The molecule has 0 amide bonds. The van der Waals surface area contributed by atoms with Crippen molar-refractivity contribution in [2.45, 2.75) is 0 Å². The molecule has 0 saturated carbocycles. The predicted octanol–water partition coefficient (Wildman–Crippen LogP) is 5.78. The van der Waals surface area contributed by atoms with Gasteiger partial charge in [0.15, 0.2) is 0 Å². The number of benzene rings is 2. The second-order valence-corrected chi connectivity index (χ2v) is 4.54. The number of hydrogen-bond acceptors (Lipinski definition) is 2. The third kappa shape index (κ3) is 3.12. The van der Waals surface area contributed by atoms with Crippen molar-refractivity contribution in [3.63, 3.8) is 0 Å². The molecule has 0 unspecified atom stereocenters. The van der Waals surface area contributed by atoms with E-state index in [0.717, 1.165) is 0 Å². The van der Waals surface area contributed by atoms with E-state index in [2.05, 4.69) is 16.0 Å². The minimum absolute atomic E-state index is 0.376. The maximum atomic E-state index is 5.97. The van der Waals surface area contributed by atoms with E-state index in [1.807, 2.05) is 12.1 Å². The highest BCUT2D eigenvalue weighted by Crippen LogP contribution is 2.31. The van der Waals surface area contributed by atoms with Crippen LogP contribution < -0.4 is 0 Å². The first kappa shape index (κ1) is 13.1. The molecule has 18 heavy (non-hydrogen) atoms. The molecule has 0 N–H and O–H groups in total. The van der Waals surface area contributed by atoms with E-state index in [0.29, 0.717) is 26.4 Å². The molecule has 0 heterocycles. The average Bonchev–Trinajstić information content (AvgIpc) is 2.37. The monoisotopic (exact) mass is 296 g/mol. The molecule has 0 aliphatic carbocycles. The van der Waals surface area contributed by atoms with Crippen LogP contribution in [0.1, 0.15) is 0 Å². The molecule has 90 valence electrons. The molecule has 0 spiro atoms. The number of nitrogens with zero attached hydrogens (tertiary/aromatic N) is 2. The zero-order chi connectivity index (χ0) is 13.0. The standard InChI is InChI=1S/C13H7Cl3N2/c14-9-4-1-2-6-11(9)17-8-18-12-7-3-5-10(15)13(12)16/h1-7H. The van der Waals surface area contributed by atoms with Gasteiger partial charge in [-0.2, -0.15) is 9.98 Å². The fraction of sp³-hybridized carbons (Fsp3) is 0. The molecular formula is C13H7Cl3N2. The molecule has 0 aliphatic heterocycles. The first-order chi connectivity index (χ1) is 8.68. The van der Waals surface area contributed by atoms with Crippen LogP contribution in [-0.2, 0) is 0 Å². The second-order valence-electron chi connectivity index (χ2n) is 3.35. The van der Waals surface area contributed by atoms with Crippen molar-refractivity contribution in [1.82, 2.24) is 0 Å². The van der Waals surface area contributed by atoms with E-state index >= 15 is 0 Å². The Labute approximate surface area is 120 Å². The minimum atomic E-state index is 0.376. The molecule has 0 saturated heterocycles. The highest BCUT2D eigenvalue weighted by molar-refractivity contribution is 6.43. The fourth-order valence-electron chi connectivity index (χ4n) is 1.25. The summed E-state index contributed by atoms with van der Waals surface area (Å²) in [6, 6.07) is 14.9. The van der Waals surface area contributed by atoms with Crippen LogP contribution >= 0.6 is 34.8 Å². The molecule has 0 fully saturated rings. The zero-order valence-corrected chi connectivity index (χ0v) is 11.3. The van der Waals surface area contributed by atoms with Gasteiger partial charge in [0, 0.05) is 0 Å². The Morgan fingerprint density at radius 1 is 0.722 bits per heavy atom. The van der Waals surface area contributed by atoms with Gasteiger partial charge in [0.25, 0.3) is 0 Å². The topological polar surface area (TPSA) is 24.7 Å². The third-order valence-corrected chi connectivity index (χ3v) is 3.25. The fourth-order valence-corrected chi connectivity index (χ4v) is 1.77. The van der Waals surface area contributed by atoms with Crippen LogP contribution in [0.3, 0.4) is 0 Å². The number of aliphatic imine (C=N–C) groups is 2. The highest BCUT2D eigenvalue weighted by atomic mass is 35.5. The minimum Gasteiger partial charge on any atom is -0.186 e. The van der Waals surface area contributed by atoms with Crippen molar-refractivity contribution in [3.8, 4) is 0 Å². The molecule has 2 aromatic carbocycles. The highest BCUT2D eigenvalue weighted by Gasteiger charge is 2.01. The molecule has 0 aliphatic rings. The van der Waals surface area contributed by atoms with E-state index in [4.69, 9.17) is 34.8 Å². The lowest BCUT2D eigenvalue weighted by Gasteiger charge is -1.97. The van der Waals surface area contributed by atoms with E-state index in [-0.39, 0.29) is 0 Å². The summed E-state index contributed by atoms with van der Waals surface area (Å²) in [5.41, 5.74) is 1.11. The zero-order valence-electron chi connectivity index (χ0n) is 9.07. The summed E-state index contributed by atoms with van der Waals surface area (Å²) in [7, 11) is 0. The average molecular weight is 298 g/mol. The van der Waals surface area contributed by atoms with Gasteiger partial charge in [-0.3, -0.25) is 0 Å². The normalized spacial score (nSPS) is 9.72. The van der Waals surface area contributed by atoms with E-state index < -0.39 is 0 Å². The number of para-hydroxylation sites is 1. The summed E-state index contributed by atoms with van der Waals surface area (Å²) in [4.78, 5) is 8.03. The first-order valence-electron chi connectivity index (χ1n) is 5.03. The van der Waals surface area contributed by atoms with Crippen molar-refractivity contribution in [3.05, 3.63) is 57.5 Å². The van der Waals surface area contributed by atoms with Gasteiger partial charge in [-0.25, -0.2) is 0 Å². The SMILES string of the molecule is Clc1ccccc1N=C=Nc1cccc(Cl)c1Cl. The smallest absolute Gasteiger partial charge is 0.101 e. The molecule has 0 bridgehead atoms. The molecular weight excluding hydrogens is 291 g/mol. The van der Waals surface area contributed by atoms with E-state index in [1.165, 1.54) is 0 Å². The molecule has 0 aromatic heterocycles. The van der Waals surface area contributed by atoms with Crippen LogP contribution in [0, 0.1) is 0 Å². The van der Waals surface area contributed by atoms with Gasteiger partial charge in [-0.05, 0) is 24.3 Å². The van der Waals surface area contributed by atoms with Crippen LogP contribution in [-0.4, -0.2) is 6.01 Å². The summed E-state index contributed by atoms with van der Waals surface area (Å²) in [5, 5.41) is 1.36. The van der Waals surface area contributed by atoms with Gasteiger partial charge < -0.3 is 0 Å². The summed E-state index contributed by atoms with van der Waals surface area (Å²) < 4.78 is 0. The molecule has 2 aromatic rings. The van der Waals surface area contributed by atoms with Gasteiger partial charge in [0.2, 0.25) is 0 Å².